The van der Waals surface area contributed by atoms with Crippen molar-refractivity contribution >= 4 is 26.8 Å². The maximum Gasteiger partial charge on any atom is 0.0688 e. The highest BCUT2D eigenvalue weighted by Crippen LogP contribution is 2.21. The summed E-state index contributed by atoms with van der Waals surface area (Å²) < 4.78 is 3.04. The largest absolute Gasteiger partial charge is 0.392 e. The van der Waals surface area contributed by atoms with Crippen molar-refractivity contribution in [2.75, 3.05) is 0 Å². The van der Waals surface area contributed by atoms with Crippen molar-refractivity contribution in [3.8, 4) is 0 Å². The van der Waals surface area contributed by atoms with Crippen molar-refractivity contribution < 1.29 is 5.11 Å². The quantitative estimate of drug-likeness (QED) is 0.907. The molecule has 1 heterocycles. The molecule has 0 amide bonds. The minimum atomic E-state index is 0.0800. The third-order valence-electron chi connectivity index (χ3n) is 2.42. The zero-order chi connectivity index (χ0) is 10.8. The fourth-order valence-electron chi connectivity index (χ4n) is 1.75. The molecule has 3 heteroatoms. The summed E-state index contributed by atoms with van der Waals surface area (Å²) in [6, 6.07) is 7.97. The molecule has 0 saturated carbocycles. The van der Waals surface area contributed by atoms with Crippen LogP contribution in [0.2, 0.25) is 0 Å². The highest BCUT2D eigenvalue weighted by atomic mass is 79.9. The predicted molar refractivity (Wildman–Crippen MR) is 65.9 cm³/mol. The van der Waals surface area contributed by atoms with E-state index in [1.165, 1.54) is 0 Å². The van der Waals surface area contributed by atoms with Gasteiger partial charge in [-0.3, -0.25) is 0 Å². The van der Waals surface area contributed by atoms with Gasteiger partial charge >= 0.3 is 0 Å². The molecule has 0 radical (unpaired) electrons. The smallest absolute Gasteiger partial charge is 0.0688 e. The lowest BCUT2D eigenvalue weighted by molar-refractivity contribution is 0.283. The number of aliphatic hydroxyl groups excluding tert-OH is 1. The van der Waals surface area contributed by atoms with Gasteiger partial charge in [-0.15, -0.1) is 0 Å². The van der Waals surface area contributed by atoms with Crippen molar-refractivity contribution in [3.05, 3.63) is 47.1 Å². The lowest BCUT2D eigenvalue weighted by atomic mass is 10.1. The number of nitrogens with zero attached hydrogens (tertiary/aromatic N) is 1. The number of fused-ring (bicyclic) bond motifs is 1. The van der Waals surface area contributed by atoms with Crippen LogP contribution in [-0.4, -0.2) is 9.67 Å². The molecule has 2 nitrogen and oxygen atoms in total. The van der Waals surface area contributed by atoms with E-state index in [4.69, 9.17) is 0 Å². The third-order valence-corrected chi connectivity index (χ3v) is 2.67. The van der Waals surface area contributed by atoms with E-state index in [0.29, 0.717) is 0 Å². The van der Waals surface area contributed by atoms with Crippen LogP contribution in [0.15, 0.2) is 41.5 Å². The monoisotopic (exact) mass is 265 g/mol. The Balaban J connectivity index is 2.55. The number of hydrogen-bond acceptors (Lipinski definition) is 1. The Bertz CT molecular complexity index is 501. The maximum atomic E-state index is 9.19. The fraction of sp³-hybridized carbons (Fsp3) is 0.167. The van der Waals surface area contributed by atoms with Crippen molar-refractivity contribution in [1.29, 1.82) is 0 Å². The summed E-state index contributed by atoms with van der Waals surface area (Å²) in [7, 11) is 0. The van der Waals surface area contributed by atoms with Gasteiger partial charge in [-0.25, -0.2) is 0 Å². The van der Waals surface area contributed by atoms with Gasteiger partial charge in [0.15, 0.2) is 0 Å². The number of rotatable bonds is 3. The van der Waals surface area contributed by atoms with Crippen LogP contribution in [0.25, 0.3) is 10.9 Å². The number of aliphatic hydroxyl groups is 1. The average molecular weight is 266 g/mol. The minimum absolute atomic E-state index is 0.0800. The number of benzene rings is 1. The second-order valence-corrected chi connectivity index (χ2v) is 4.59. The zero-order valence-electron chi connectivity index (χ0n) is 8.28. The van der Waals surface area contributed by atoms with Gasteiger partial charge in [0.2, 0.25) is 0 Å². The Kier molecular flexibility index (Phi) is 2.93. The maximum absolute atomic E-state index is 9.19. The third kappa shape index (κ3) is 1.98. The Morgan fingerprint density at radius 3 is 2.87 bits per heavy atom. The SMILES string of the molecule is C=C(Br)Cn1ccc2c(CO)cccc21. The van der Waals surface area contributed by atoms with E-state index in [0.717, 1.165) is 27.5 Å². The van der Waals surface area contributed by atoms with Gasteiger partial charge < -0.3 is 9.67 Å². The summed E-state index contributed by atoms with van der Waals surface area (Å²) in [5.74, 6) is 0. The number of aromatic nitrogens is 1. The van der Waals surface area contributed by atoms with Gasteiger partial charge in [0.25, 0.3) is 0 Å². The molecule has 1 aromatic carbocycles. The van der Waals surface area contributed by atoms with E-state index in [-0.39, 0.29) is 6.61 Å². The van der Waals surface area contributed by atoms with Crippen LogP contribution in [-0.2, 0) is 13.2 Å². The molecule has 78 valence electrons. The van der Waals surface area contributed by atoms with Crippen molar-refractivity contribution in [1.82, 2.24) is 4.57 Å². The van der Waals surface area contributed by atoms with E-state index < -0.39 is 0 Å². The van der Waals surface area contributed by atoms with Crippen LogP contribution < -0.4 is 0 Å². The first-order chi connectivity index (χ1) is 7.22. The molecule has 0 bridgehead atoms. The normalized spacial score (nSPS) is 10.8. The molecule has 0 spiro atoms. The van der Waals surface area contributed by atoms with Gasteiger partial charge in [0.1, 0.15) is 0 Å². The molecule has 0 unspecified atom stereocenters. The first kappa shape index (κ1) is 10.5. The number of allylic oxidation sites excluding steroid dienone is 1. The van der Waals surface area contributed by atoms with Crippen molar-refractivity contribution in [3.63, 3.8) is 0 Å². The van der Waals surface area contributed by atoms with E-state index in [1.54, 1.807) is 0 Å². The van der Waals surface area contributed by atoms with Crippen LogP contribution in [0.3, 0.4) is 0 Å². The van der Waals surface area contributed by atoms with Crippen LogP contribution in [0, 0.1) is 0 Å². The lowest BCUT2D eigenvalue weighted by Gasteiger charge is -2.04. The highest BCUT2D eigenvalue weighted by Gasteiger charge is 2.04. The molecule has 0 aliphatic rings. The molecular weight excluding hydrogens is 254 g/mol. The molecule has 1 aromatic heterocycles. The predicted octanol–water partition coefficient (Wildman–Crippen LogP) is 3.04. The number of hydrogen-bond donors (Lipinski definition) is 1. The molecule has 0 aliphatic carbocycles. The van der Waals surface area contributed by atoms with Gasteiger partial charge in [-0.1, -0.05) is 34.6 Å². The minimum Gasteiger partial charge on any atom is -0.392 e. The summed E-state index contributed by atoms with van der Waals surface area (Å²) in [6.07, 6.45) is 2.01. The van der Waals surface area contributed by atoms with E-state index in [9.17, 15) is 5.11 Å². The zero-order valence-corrected chi connectivity index (χ0v) is 9.87. The first-order valence-electron chi connectivity index (χ1n) is 4.73. The van der Waals surface area contributed by atoms with E-state index in [2.05, 4.69) is 27.1 Å². The Labute approximate surface area is 97.0 Å². The van der Waals surface area contributed by atoms with Crippen LogP contribution in [0.5, 0.6) is 0 Å². The molecule has 0 atom stereocenters. The summed E-state index contributed by atoms with van der Waals surface area (Å²) in [4.78, 5) is 0. The standard InChI is InChI=1S/C12H12BrNO/c1-9(13)7-14-6-5-11-10(8-15)3-2-4-12(11)14/h2-6,15H,1,7-8H2. The Hall–Kier alpha value is -1.06. The van der Waals surface area contributed by atoms with Gasteiger partial charge in [-0.2, -0.15) is 0 Å². The van der Waals surface area contributed by atoms with Gasteiger partial charge in [0, 0.05) is 21.6 Å². The average Bonchev–Trinajstić information content (AvgIpc) is 2.61. The summed E-state index contributed by atoms with van der Waals surface area (Å²) in [5.41, 5.74) is 2.09. The summed E-state index contributed by atoms with van der Waals surface area (Å²) in [6.45, 7) is 4.65. The van der Waals surface area contributed by atoms with Crippen LogP contribution in [0.1, 0.15) is 5.56 Å². The second kappa shape index (κ2) is 4.21. The molecule has 0 fully saturated rings. The summed E-state index contributed by atoms with van der Waals surface area (Å²) in [5, 5.41) is 10.3. The molecule has 0 saturated heterocycles. The first-order valence-corrected chi connectivity index (χ1v) is 5.52. The van der Waals surface area contributed by atoms with Gasteiger partial charge in [0.05, 0.1) is 13.2 Å². The van der Waals surface area contributed by atoms with E-state index >= 15 is 0 Å². The van der Waals surface area contributed by atoms with Crippen LogP contribution in [0.4, 0.5) is 0 Å². The lowest BCUT2D eigenvalue weighted by Crippen LogP contribution is -1.95. The summed E-state index contributed by atoms with van der Waals surface area (Å²) >= 11 is 3.35. The fourth-order valence-corrected chi connectivity index (χ4v) is 2.02. The molecule has 0 aliphatic heterocycles. The van der Waals surface area contributed by atoms with Crippen molar-refractivity contribution in [2.24, 2.45) is 0 Å². The second-order valence-electron chi connectivity index (χ2n) is 3.47. The van der Waals surface area contributed by atoms with Crippen molar-refractivity contribution in [2.45, 2.75) is 13.2 Å². The molecule has 2 rings (SSSR count). The van der Waals surface area contributed by atoms with E-state index in [1.807, 2.05) is 30.5 Å². The number of halogens is 1. The highest BCUT2D eigenvalue weighted by molar-refractivity contribution is 9.11. The topological polar surface area (TPSA) is 25.2 Å². The Morgan fingerprint density at radius 1 is 1.40 bits per heavy atom. The molecule has 15 heavy (non-hydrogen) atoms. The van der Waals surface area contributed by atoms with Crippen LogP contribution >= 0.6 is 15.9 Å². The van der Waals surface area contributed by atoms with Gasteiger partial charge in [-0.05, 0) is 17.7 Å². The molecule has 1 N–H and O–H groups in total. The Morgan fingerprint density at radius 2 is 2.20 bits per heavy atom. The molecular formula is C12H12BrNO. The molecule has 2 aromatic rings.